The van der Waals surface area contributed by atoms with Gasteiger partial charge in [-0.3, -0.25) is 5.73 Å². The molecule has 2 aromatic rings. The number of hydrogen-bond donors (Lipinski definition) is 3. The number of nitrogens with one attached hydrogen (secondary N) is 2. The van der Waals surface area contributed by atoms with E-state index in [0.717, 1.165) is 12.1 Å². The molecule has 7 heteroatoms. The topological polar surface area (TPSA) is 61.2 Å². The van der Waals surface area contributed by atoms with E-state index in [1.54, 1.807) is 24.3 Å². The molecule has 4 nitrogen and oxygen atoms in total. The Kier molecular flexibility index (Phi) is 4.55. The van der Waals surface area contributed by atoms with E-state index in [9.17, 15) is 13.2 Å². The quantitative estimate of drug-likeness (QED) is 0.599. The fourth-order valence-electron chi connectivity index (χ4n) is 1.85. The van der Waals surface area contributed by atoms with Gasteiger partial charge in [-0.15, -0.1) is 0 Å². The number of nitrogens with two attached hydrogens (primary N) is 1. The molecule has 0 aromatic heterocycles. The molecule has 0 spiro atoms. The first kappa shape index (κ1) is 15.7. The monoisotopic (exact) mass is 310 g/mol. The molecule has 0 radical (unpaired) electrons. The van der Waals surface area contributed by atoms with Gasteiger partial charge in [0.1, 0.15) is 5.69 Å². The fraction of sp³-hybridized carbons (Fsp3) is 0.133. The molecule has 2 aromatic carbocycles. The Balaban J connectivity index is 2.22. The zero-order valence-electron chi connectivity index (χ0n) is 11.7. The van der Waals surface area contributed by atoms with Gasteiger partial charge in [0, 0.05) is 0 Å². The Bertz CT molecular complexity index is 684. The minimum Gasteiger partial charge on any atom is -0.493 e. The van der Waals surface area contributed by atoms with Gasteiger partial charge in [-0.05, 0) is 30.3 Å². The molecule has 2 rings (SSSR count). The van der Waals surface area contributed by atoms with Gasteiger partial charge in [-0.2, -0.15) is 13.2 Å². The van der Waals surface area contributed by atoms with Gasteiger partial charge < -0.3 is 4.74 Å². The minimum absolute atomic E-state index is 0.0869. The number of rotatable bonds is 3. The van der Waals surface area contributed by atoms with E-state index in [1.807, 2.05) is 0 Å². The van der Waals surface area contributed by atoms with Crippen molar-refractivity contribution in [3.63, 3.8) is 0 Å². The number of alkyl halides is 3. The van der Waals surface area contributed by atoms with E-state index >= 15 is 0 Å². The van der Waals surface area contributed by atoms with Crippen molar-refractivity contribution in [2.24, 2.45) is 5.73 Å². The number of anilines is 1. The van der Waals surface area contributed by atoms with Crippen molar-refractivity contribution in [1.82, 2.24) is 0 Å². The number of benzene rings is 2. The summed E-state index contributed by atoms with van der Waals surface area (Å²) in [6.07, 6.45) is -4.40. The normalized spacial score (nSPS) is 12.1. The first-order chi connectivity index (χ1) is 10.4. The second-order valence-electron chi connectivity index (χ2n) is 4.44. The SMILES string of the molecule is COc1ccccc1[NH+]=C(N)Nc1cccc(C(F)(F)F)c1. The lowest BCUT2D eigenvalue weighted by molar-refractivity contribution is -0.356. The van der Waals surface area contributed by atoms with Crippen LogP contribution in [-0.2, 0) is 6.18 Å². The molecule has 0 atom stereocenters. The lowest BCUT2D eigenvalue weighted by Gasteiger charge is -2.08. The molecular formula is C15H15F3N3O+. The van der Waals surface area contributed by atoms with Crippen LogP contribution in [0.3, 0.4) is 0 Å². The summed E-state index contributed by atoms with van der Waals surface area (Å²) in [6.45, 7) is 0. The lowest BCUT2D eigenvalue weighted by Crippen LogP contribution is -2.71. The number of hydrogen-bond acceptors (Lipinski definition) is 1. The highest BCUT2D eigenvalue weighted by molar-refractivity contribution is 5.88. The highest BCUT2D eigenvalue weighted by Crippen LogP contribution is 2.30. The van der Waals surface area contributed by atoms with E-state index < -0.39 is 11.7 Å². The number of para-hydroxylation sites is 2. The third kappa shape index (κ3) is 3.91. The smallest absolute Gasteiger partial charge is 0.416 e. The van der Waals surface area contributed by atoms with Crippen LogP contribution in [0.1, 0.15) is 5.56 Å². The first-order valence-electron chi connectivity index (χ1n) is 6.37. The number of guanidine groups is 1. The molecule has 0 heterocycles. The van der Waals surface area contributed by atoms with Crippen LogP contribution < -0.4 is 20.8 Å². The Morgan fingerprint density at radius 3 is 2.55 bits per heavy atom. The van der Waals surface area contributed by atoms with Crippen LogP contribution in [0.25, 0.3) is 0 Å². The molecule has 22 heavy (non-hydrogen) atoms. The van der Waals surface area contributed by atoms with Crippen molar-refractivity contribution in [3.8, 4) is 5.75 Å². The third-order valence-corrected chi connectivity index (χ3v) is 2.85. The van der Waals surface area contributed by atoms with Crippen LogP contribution in [0.5, 0.6) is 5.75 Å². The summed E-state index contributed by atoms with van der Waals surface area (Å²) in [5.41, 5.74) is 5.86. The molecule has 0 bridgehead atoms. The Morgan fingerprint density at radius 2 is 1.86 bits per heavy atom. The number of halogens is 3. The van der Waals surface area contributed by atoms with Crippen molar-refractivity contribution < 1.29 is 22.9 Å². The summed E-state index contributed by atoms with van der Waals surface area (Å²) in [5.74, 6) is 0.653. The van der Waals surface area contributed by atoms with E-state index in [4.69, 9.17) is 10.5 Å². The average molecular weight is 310 g/mol. The summed E-state index contributed by atoms with van der Waals surface area (Å²) in [6, 6.07) is 11.8. The first-order valence-corrected chi connectivity index (χ1v) is 6.37. The van der Waals surface area contributed by atoms with Crippen molar-refractivity contribution in [3.05, 3.63) is 54.1 Å². The lowest BCUT2D eigenvalue weighted by atomic mass is 10.2. The minimum atomic E-state index is -4.40. The maximum Gasteiger partial charge on any atom is 0.416 e. The van der Waals surface area contributed by atoms with Gasteiger partial charge in [-0.1, -0.05) is 18.2 Å². The summed E-state index contributed by atoms with van der Waals surface area (Å²) >= 11 is 0. The molecular weight excluding hydrogens is 295 g/mol. The van der Waals surface area contributed by atoms with Crippen molar-refractivity contribution in [1.29, 1.82) is 0 Å². The largest absolute Gasteiger partial charge is 0.493 e. The molecule has 0 amide bonds. The predicted octanol–water partition coefficient (Wildman–Crippen LogP) is 1.85. The van der Waals surface area contributed by atoms with Crippen LogP contribution in [0.4, 0.5) is 24.5 Å². The van der Waals surface area contributed by atoms with Crippen LogP contribution in [-0.4, -0.2) is 13.1 Å². The molecule has 116 valence electrons. The molecule has 0 unspecified atom stereocenters. The summed E-state index contributed by atoms with van der Waals surface area (Å²) < 4.78 is 43.1. The molecule has 0 saturated carbocycles. The van der Waals surface area contributed by atoms with Crippen molar-refractivity contribution in [2.45, 2.75) is 6.18 Å². The van der Waals surface area contributed by atoms with Crippen molar-refractivity contribution in [2.75, 3.05) is 12.4 Å². The van der Waals surface area contributed by atoms with E-state index in [1.165, 1.54) is 19.2 Å². The second-order valence-corrected chi connectivity index (χ2v) is 4.44. The Hall–Kier alpha value is -2.70. The van der Waals surface area contributed by atoms with Crippen molar-refractivity contribution >= 4 is 17.3 Å². The van der Waals surface area contributed by atoms with Gasteiger partial charge in [0.15, 0.2) is 5.75 Å². The molecule has 0 saturated heterocycles. The van der Waals surface area contributed by atoms with E-state index in [0.29, 0.717) is 11.4 Å². The van der Waals surface area contributed by atoms with Gasteiger partial charge in [0.05, 0.1) is 18.4 Å². The van der Waals surface area contributed by atoms with Crippen LogP contribution >= 0.6 is 0 Å². The molecule has 0 aliphatic carbocycles. The molecule has 0 aliphatic rings. The zero-order chi connectivity index (χ0) is 16.2. The summed E-state index contributed by atoms with van der Waals surface area (Å²) in [5, 5.41) is 2.68. The molecule has 4 N–H and O–H groups in total. The summed E-state index contributed by atoms with van der Waals surface area (Å²) in [4.78, 5) is 2.85. The van der Waals surface area contributed by atoms with Gasteiger partial charge >= 0.3 is 12.1 Å². The Morgan fingerprint density at radius 1 is 1.14 bits per heavy atom. The van der Waals surface area contributed by atoms with E-state index in [-0.39, 0.29) is 11.6 Å². The van der Waals surface area contributed by atoms with Crippen LogP contribution in [0.2, 0.25) is 0 Å². The fourth-order valence-corrected chi connectivity index (χ4v) is 1.85. The second kappa shape index (κ2) is 6.38. The average Bonchev–Trinajstić information content (AvgIpc) is 2.47. The van der Waals surface area contributed by atoms with Crippen LogP contribution in [0.15, 0.2) is 48.5 Å². The summed E-state index contributed by atoms with van der Waals surface area (Å²) in [7, 11) is 1.51. The number of methoxy groups -OCH3 is 1. The molecule has 0 fully saturated rings. The maximum absolute atomic E-state index is 12.7. The number of ether oxygens (including phenoxy) is 1. The van der Waals surface area contributed by atoms with E-state index in [2.05, 4.69) is 10.3 Å². The van der Waals surface area contributed by atoms with Gasteiger partial charge in [-0.25, -0.2) is 10.3 Å². The standard InChI is InChI=1S/C15H14F3N3O/c1-22-13-8-3-2-7-12(13)21-14(19)20-11-6-4-5-10(9-11)15(16,17)18/h2-9H,1H3,(H3,19,20,21)/p+1. The Labute approximate surface area is 125 Å². The third-order valence-electron chi connectivity index (χ3n) is 2.85. The maximum atomic E-state index is 12.7. The van der Waals surface area contributed by atoms with Crippen LogP contribution in [0, 0.1) is 0 Å². The highest BCUT2D eigenvalue weighted by atomic mass is 19.4. The zero-order valence-corrected chi connectivity index (χ0v) is 11.7. The highest BCUT2D eigenvalue weighted by Gasteiger charge is 2.30. The molecule has 0 aliphatic heterocycles. The predicted molar refractivity (Wildman–Crippen MR) is 77.9 cm³/mol. The van der Waals surface area contributed by atoms with Gasteiger partial charge in [0.25, 0.3) is 0 Å². The van der Waals surface area contributed by atoms with Gasteiger partial charge in [0.2, 0.25) is 0 Å².